The van der Waals surface area contributed by atoms with Crippen molar-refractivity contribution in [3.05, 3.63) is 29.5 Å². The van der Waals surface area contributed by atoms with Crippen molar-refractivity contribution in [2.45, 2.75) is 32.6 Å². The number of ether oxygens (including phenoxy) is 1. The quantitative estimate of drug-likeness (QED) is 0.800. The number of methoxy groups -OCH3 is 1. The minimum atomic E-state index is -0.000691. The molecule has 0 aliphatic carbocycles. The zero-order valence-corrected chi connectivity index (χ0v) is 11.5. The summed E-state index contributed by atoms with van der Waals surface area (Å²) in [5, 5.41) is 0. The molecule has 1 aromatic heterocycles. The predicted octanol–water partition coefficient (Wildman–Crippen LogP) is 3.25. The molecule has 96 valence electrons. The summed E-state index contributed by atoms with van der Waals surface area (Å²) in [6.07, 6.45) is 5.04. The molecule has 0 spiro atoms. The van der Waals surface area contributed by atoms with E-state index in [4.69, 9.17) is 4.74 Å². The smallest absolute Gasteiger partial charge is 0.213 e. The Bertz CT molecular complexity index is 496. The lowest BCUT2D eigenvalue weighted by atomic mass is 9.85. The summed E-state index contributed by atoms with van der Waals surface area (Å²) >= 11 is 0. The Balaban J connectivity index is 2.49. The summed E-state index contributed by atoms with van der Waals surface area (Å²) in [5.41, 5.74) is 3.61. The normalized spacial score (nSPS) is 15.4. The van der Waals surface area contributed by atoms with E-state index in [1.54, 1.807) is 7.11 Å². The van der Waals surface area contributed by atoms with Gasteiger partial charge in [0, 0.05) is 29.7 Å². The van der Waals surface area contributed by atoms with Crippen LogP contribution >= 0.6 is 0 Å². The van der Waals surface area contributed by atoms with Gasteiger partial charge in [-0.15, -0.1) is 0 Å². The number of dihydropyridines is 1. The van der Waals surface area contributed by atoms with E-state index in [0.29, 0.717) is 5.88 Å². The van der Waals surface area contributed by atoms with Crippen molar-refractivity contribution in [2.75, 3.05) is 13.7 Å². The minimum Gasteiger partial charge on any atom is -0.481 e. The number of pyridine rings is 1. The third kappa shape index (κ3) is 2.61. The second-order valence-electron chi connectivity index (χ2n) is 5.48. The van der Waals surface area contributed by atoms with E-state index in [1.807, 2.05) is 12.3 Å². The van der Waals surface area contributed by atoms with Gasteiger partial charge in [0.05, 0.1) is 19.3 Å². The van der Waals surface area contributed by atoms with Crippen LogP contribution in [0.4, 0.5) is 0 Å². The molecule has 1 aromatic rings. The number of allylic oxidation sites excluding steroid dienone is 1. The Morgan fingerprint density at radius 3 is 2.56 bits per heavy atom. The van der Waals surface area contributed by atoms with Crippen LogP contribution in [0.1, 0.15) is 38.4 Å². The van der Waals surface area contributed by atoms with Crippen LogP contribution in [0.5, 0.6) is 5.88 Å². The molecule has 0 amide bonds. The van der Waals surface area contributed by atoms with E-state index in [2.05, 4.69) is 42.9 Å². The molecule has 0 N–H and O–H groups in total. The van der Waals surface area contributed by atoms with E-state index < -0.39 is 0 Å². The van der Waals surface area contributed by atoms with Gasteiger partial charge in [0.2, 0.25) is 5.88 Å². The van der Waals surface area contributed by atoms with Crippen LogP contribution in [0.2, 0.25) is 0 Å². The first-order valence-corrected chi connectivity index (χ1v) is 6.25. The van der Waals surface area contributed by atoms with Gasteiger partial charge in [-0.2, -0.15) is 0 Å². The van der Waals surface area contributed by atoms with Gasteiger partial charge >= 0.3 is 0 Å². The van der Waals surface area contributed by atoms with Crippen LogP contribution in [-0.4, -0.2) is 24.9 Å². The van der Waals surface area contributed by atoms with Crippen molar-refractivity contribution in [3.63, 3.8) is 0 Å². The van der Waals surface area contributed by atoms with Gasteiger partial charge in [0.1, 0.15) is 0 Å². The van der Waals surface area contributed by atoms with Crippen LogP contribution in [0.15, 0.2) is 23.2 Å². The highest BCUT2D eigenvalue weighted by Crippen LogP contribution is 2.32. The second kappa shape index (κ2) is 4.92. The molecule has 0 fully saturated rings. The molecule has 1 aliphatic heterocycles. The maximum Gasteiger partial charge on any atom is 0.213 e. The second-order valence-corrected chi connectivity index (χ2v) is 5.48. The standard InChI is InChI=1S/C15H20N2O/c1-15(2,3)14-12(5-6-13(17-14)18-4)11-7-9-16-10-8-11/h5-7,10H,8-9H2,1-4H3. The van der Waals surface area contributed by atoms with E-state index >= 15 is 0 Å². The van der Waals surface area contributed by atoms with Crippen LogP contribution in [0, 0.1) is 0 Å². The third-order valence-corrected chi connectivity index (χ3v) is 3.02. The van der Waals surface area contributed by atoms with Gasteiger partial charge in [-0.3, -0.25) is 4.99 Å². The van der Waals surface area contributed by atoms with E-state index in [0.717, 1.165) is 18.7 Å². The molecule has 0 saturated carbocycles. The van der Waals surface area contributed by atoms with Gasteiger partial charge in [-0.1, -0.05) is 26.8 Å². The fourth-order valence-electron chi connectivity index (χ4n) is 2.09. The summed E-state index contributed by atoms with van der Waals surface area (Å²) in [4.78, 5) is 8.86. The van der Waals surface area contributed by atoms with Gasteiger partial charge in [-0.25, -0.2) is 4.98 Å². The van der Waals surface area contributed by atoms with Crippen LogP contribution < -0.4 is 4.74 Å². The number of rotatable bonds is 2. The topological polar surface area (TPSA) is 34.5 Å². The zero-order valence-electron chi connectivity index (χ0n) is 11.5. The van der Waals surface area contributed by atoms with E-state index in [1.165, 1.54) is 11.1 Å². The largest absolute Gasteiger partial charge is 0.481 e. The third-order valence-electron chi connectivity index (χ3n) is 3.02. The van der Waals surface area contributed by atoms with E-state index in [9.17, 15) is 0 Å². The molecule has 2 rings (SSSR count). The Labute approximate surface area is 109 Å². The Kier molecular flexibility index (Phi) is 3.50. The molecular weight excluding hydrogens is 224 g/mol. The predicted molar refractivity (Wildman–Crippen MR) is 75.4 cm³/mol. The highest BCUT2D eigenvalue weighted by Gasteiger charge is 2.22. The number of hydrogen-bond acceptors (Lipinski definition) is 3. The highest BCUT2D eigenvalue weighted by molar-refractivity contribution is 5.82. The number of nitrogens with zero attached hydrogens (tertiary/aromatic N) is 2. The molecule has 3 nitrogen and oxygen atoms in total. The SMILES string of the molecule is COc1ccc(C2=CCN=CC2)c(C(C)(C)C)n1. The average molecular weight is 244 g/mol. The summed E-state index contributed by atoms with van der Waals surface area (Å²) in [6.45, 7) is 7.30. The highest BCUT2D eigenvalue weighted by atomic mass is 16.5. The zero-order chi connectivity index (χ0) is 13.2. The van der Waals surface area contributed by atoms with Crippen LogP contribution in [0.3, 0.4) is 0 Å². The first kappa shape index (κ1) is 12.8. The first-order valence-electron chi connectivity index (χ1n) is 6.25. The van der Waals surface area contributed by atoms with Gasteiger partial charge in [0.25, 0.3) is 0 Å². The summed E-state index contributed by atoms with van der Waals surface area (Å²) in [6, 6.07) is 4.04. The van der Waals surface area contributed by atoms with Crippen molar-refractivity contribution in [1.82, 2.24) is 4.98 Å². The van der Waals surface area contributed by atoms with Crippen LogP contribution in [0.25, 0.3) is 5.57 Å². The summed E-state index contributed by atoms with van der Waals surface area (Å²) in [5.74, 6) is 0.675. The van der Waals surface area contributed by atoms with Crippen molar-refractivity contribution >= 4 is 11.8 Å². The maximum atomic E-state index is 5.24. The lowest BCUT2D eigenvalue weighted by molar-refractivity contribution is 0.391. The lowest BCUT2D eigenvalue weighted by Gasteiger charge is -2.23. The van der Waals surface area contributed by atoms with Crippen molar-refractivity contribution < 1.29 is 4.74 Å². The summed E-state index contributed by atoms with van der Waals surface area (Å²) < 4.78 is 5.24. The molecule has 0 atom stereocenters. The molecule has 0 radical (unpaired) electrons. The fraction of sp³-hybridized carbons (Fsp3) is 0.467. The molecule has 3 heteroatoms. The van der Waals surface area contributed by atoms with Crippen molar-refractivity contribution in [1.29, 1.82) is 0 Å². The van der Waals surface area contributed by atoms with Crippen molar-refractivity contribution in [2.24, 2.45) is 4.99 Å². The lowest BCUT2D eigenvalue weighted by Crippen LogP contribution is -2.17. The molecule has 0 aromatic carbocycles. The monoisotopic (exact) mass is 244 g/mol. The molecular formula is C15H20N2O. The summed E-state index contributed by atoms with van der Waals surface area (Å²) in [7, 11) is 1.65. The molecule has 0 unspecified atom stereocenters. The van der Waals surface area contributed by atoms with Gasteiger partial charge in [0.15, 0.2) is 0 Å². The minimum absolute atomic E-state index is 0.000691. The average Bonchev–Trinajstić information content (AvgIpc) is 2.38. The molecule has 0 bridgehead atoms. The molecule has 18 heavy (non-hydrogen) atoms. The number of aromatic nitrogens is 1. The Morgan fingerprint density at radius 1 is 1.22 bits per heavy atom. The van der Waals surface area contributed by atoms with Gasteiger partial charge < -0.3 is 4.74 Å². The van der Waals surface area contributed by atoms with Crippen molar-refractivity contribution in [3.8, 4) is 5.88 Å². The van der Waals surface area contributed by atoms with Gasteiger partial charge in [-0.05, 0) is 11.6 Å². The van der Waals surface area contributed by atoms with E-state index in [-0.39, 0.29) is 5.41 Å². The molecule has 1 aliphatic rings. The fourth-order valence-corrected chi connectivity index (χ4v) is 2.09. The molecule has 0 saturated heterocycles. The Hall–Kier alpha value is -1.64. The maximum absolute atomic E-state index is 5.24. The number of hydrogen-bond donors (Lipinski definition) is 0. The Morgan fingerprint density at radius 2 is 2.00 bits per heavy atom. The number of aliphatic imine (C=N–C) groups is 1. The molecule has 2 heterocycles. The first-order chi connectivity index (χ1) is 8.52. The van der Waals surface area contributed by atoms with Crippen LogP contribution in [-0.2, 0) is 5.41 Å².